The van der Waals surface area contributed by atoms with E-state index >= 15 is 0 Å². The average Bonchev–Trinajstić information content (AvgIpc) is 1.89. The predicted molar refractivity (Wildman–Crippen MR) is 32.8 cm³/mol. The molecule has 0 saturated carbocycles. The molecule has 0 radical (unpaired) electrons. The standard InChI is InChI=1S/C6H7NO2/c1-2-6(9)3-4-7-5-8/h2H,1,3-4H2. The first kappa shape index (κ1) is 7.79. The Labute approximate surface area is 53.1 Å². The van der Waals surface area contributed by atoms with E-state index in [9.17, 15) is 9.59 Å². The van der Waals surface area contributed by atoms with Crippen LogP contribution in [0.3, 0.4) is 0 Å². The van der Waals surface area contributed by atoms with Gasteiger partial charge < -0.3 is 0 Å². The van der Waals surface area contributed by atoms with Crippen LogP contribution in [0.2, 0.25) is 0 Å². The van der Waals surface area contributed by atoms with E-state index in [4.69, 9.17) is 0 Å². The second-order valence-corrected chi connectivity index (χ2v) is 1.39. The minimum Gasteiger partial charge on any atom is -0.295 e. The highest BCUT2D eigenvalue weighted by atomic mass is 16.1. The van der Waals surface area contributed by atoms with E-state index in [1.54, 1.807) is 0 Å². The fourth-order valence-electron chi connectivity index (χ4n) is 0.314. The number of hydrogen-bond donors (Lipinski definition) is 0. The van der Waals surface area contributed by atoms with E-state index in [1.165, 1.54) is 12.2 Å². The monoisotopic (exact) mass is 125 g/mol. The molecule has 0 atom stereocenters. The zero-order valence-corrected chi connectivity index (χ0v) is 4.96. The third-order valence-corrected chi connectivity index (χ3v) is 0.762. The van der Waals surface area contributed by atoms with Gasteiger partial charge in [0.25, 0.3) is 0 Å². The number of isocyanates is 1. The van der Waals surface area contributed by atoms with Gasteiger partial charge in [-0.05, 0) is 6.08 Å². The molecule has 0 bridgehead atoms. The van der Waals surface area contributed by atoms with Gasteiger partial charge in [-0.3, -0.25) is 4.79 Å². The molecule has 48 valence electrons. The molecule has 3 nitrogen and oxygen atoms in total. The summed E-state index contributed by atoms with van der Waals surface area (Å²) in [7, 11) is 0. The molecule has 0 aromatic rings. The molecule has 0 fully saturated rings. The van der Waals surface area contributed by atoms with Gasteiger partial charge in [-0.25, -0.2) is 9.79 Å². The maximum atomic E-state index is 10.4. The number of ketones is 1. The first-order valence-corrected chi connectivity index (χ1v) is 2.50. The van der Waals surface area contributed by atoms with Crippen molar-refractivity contribution in [2.75, 3.05) is 6.54 Å². The lowest BCUT2D eigenvalue weighted by Crippen LogP contribution is -1.93. The first-order valence-electron chi connectivity index (χ1n) is 2.50. The molecule has 0 aromatic carbocycles. The Bertz CT molecular complexity index is 156. The zero-order valence-electron chi connectivity index (χ0n) is 4.96. The van der Waals surface area contributed by atoms with Crippen LogP contribution in [0.15, 0.2) is 17.6 Å². The van der Waals surface area contributed by atoms with E-state index in [0.29, 0.717) is 0 Å². The van der Waals surface area contributed by atoms with Crippen molar-refractivity contribution >= 4 is 11.9 Å². The summed E-state index contributed by atoms with van der Waals surface area (Å²) in [6.45, 7) is 3.47. The average molecular weight is 125 g/mol. The molecule has 0 saturated heterocycles. The molecule has 0 unspecified atom stereocenters. The lowest BCUT2D eigenvalue weighted by atomic mass is 10.3. The number of hydrogen-bond acceptors (Lipinski definition) is 3. The van der Waals surface area contributed by atoms with E-state index in [1.807, 2.05) is 0 Å². The van der Waals surface area contributed by atoms with E-state index in [0.717, 1.165) is 0 Å². The number of aliphatic imine (C=N–C) groups is 1. The molecular formula is C6H7NO2. The third kappa shape index (κ3) is 4.65. The summed E-state index contributed by atoms with van der Waals surface area (Å²) in [4.78, 5) is 23.0. The number of rotatable bonds is 4. The highest BCUT2D eigenvalue weighted by Gasteiger charge is 1.90. The molecule has 0 heterocycles. The van der Waals surface area contributed by atoms with Crippen LogP contribution in [0.1, 0.15) is 6.42 Å². The summed E-state index contributed by atoms with van der Waals surface area (Å²) in [6.07, 6.45) is 2.79. The van der Waals surface area contributed by atoms with Crippen molar-refractivity contribution in [1.82, 2.24) is 0 Å². The van der Waals surface area contributed by atoms with Crippen LogP contribution in [0.25, 0.3) is 0 Å². The lowest BCUT2D eigenvalue weighted by molar-refractivity contribution is -0.114. The number of carbonyl (C=O) groups excluding carboxylic acids is 2. The Balaban J connectivity index is 3.38. The van der Waals surface area contributed by atoms with E-state index < -0.39 is 0 Å². The molecule has 0 rings (SSSR count). The predicted octanol–water partition coefficient (Wildman–Crippen LogP) is 0.467. The Morgan fingerprint density at radius 3 is 2.89 bits per heavy atom. The number of nitrogens with zero attached hydrogens (tertiary/aromatic N) is 1. The highest BCUT2D eigenvalue weighted by Crippen LogP contribution is 1.82. The highest BCUT2D eigenvalue weighted by molar-refractivity contribution is 5.89. The maximum Gasteiger partial charge on any atom is 0.234 e. The summed E-state index contributed by atoms with van der Waals surface area (Å²) in [5.41, 5.74) is 0. The Morgan fingerprint density at radius 2 is 2.44 bits per heavy atom. The van der Waals surface area contributed by atoms with Crippen LogP contribution in [0.5, 0.6) is 0 Å². The van der Waals surface area contributed by atoms with Gasteiger partial charge in [0.1, 0.15) is 0 Å². The van der Waals surface area contributed by atoms with Gasteiger partial charge >= 0.3 is 0 Å². The summed E-state index contributed by atoms with van der Waals surface area (Å²) in [5.74, 6) is -0.103. The first-order chi connectivity index (χ1) is 4.31. The largest absolute Gasteiger partial charge is 0.295 e. The Hall–Kier alpha value is -1.21. The van der Waals surface area contributed by atoms with Gasteiger partial charge in [0.15, 0.2) is 5.78 Å². The van der Waals surface area contributed by atoms with Crippen LogP contribution in [0, 0.1) is 0 Å². The smallest absolute Gasteiger partial charge is 0.234 e. The van der Waals surface area contributed by atoms with Crippen LogP contribution < -0.4 is 0 Å². The molecule has 9 heavy (non-hydrogen) atoms. The number of carbonyl (C=O) groups is 1. The topological polar surface area (TPSA) is 46.5 Å². The summed E-state index contributed by atoms with van der Waals surface area (Å²) in [5, 5.41) is 0. The molecule has 0 aliphatic carbocycles. The zero-order chi connectivity index (χ0) is 7.11. The van der Waals surface area contributed by atoms with Gasteiger partial charge in [-0.2, -0.15) is 0 Å². The van der Waals surface area contributed by atoms with Crippen LogP contribution in [-0.2, 0) is 9.59 Å². The fraction of sp³-hybridized carbons (Fsp3) is 0.333. The molecule has 0 amide bonds. The van der Waals surface area contributed by atoms with E-state index in [2.05, 4.69) is 11.6 Å². The molecule has 0 aliphatic rings. The molecule has 0 spiro atoms. The van der Waals surface area contributed by atoms with Gasteiger partial charge in [0, 0.05) is 6.42 Å². The van der Waals surface area contributed by atoms with Crippen molar-refractivity contribution in [3.63, 3.8) is 0 Å². The van der Waals surface area contributed by atoms with Gasteiger partial charge in [-0.15, -0.1) is 0 Å². The summed E-state index contributed by atoms with van der Waals surface area (Å²) in [6, 6.07) is 0. The van der Waals surface area contributed by atoms with Gasteiger partial charge in [0.05, 0.1) is 6.54 Å². The molecule has 3 heteroatoms. The van der Waals surface area contributed by atoms with Crippen molar-refractivity contribution in [2.45, 2.75) is 6.42 Å². The Morgan fingerprint density at radius 1 is 1.78 bits per heavy atom. The minimum atomic E-state index is -0.103. The van der Waals surface area contributed by atoms with Crippen molar-refractivity contribution in [3.05, 3.63) is 12.7 Å². The minimum absolute atomic E-state index is 0.103. The molecule has 0 aromatic heterocycles. The lowest BCUT2D eigenvalue weighted by Gasteiger charge is -1.83. The van der Waals surface area contributed by atoms with Crippen LogP contribution >= 0.6 is 0 Å². The normalized spacial score (nSPS) is 7.56. The fourth-order valence-corrected chi connectivity index (χ4v) is 0.314. The second-order valence-electron chi connectivity index (χ2n) is 1.39. The molecule has 0 aliphatic heterocycles. The number of allylic oxidation sites excluding steroid dienone is 1. The van der Waals surface area contributed by atoms with Crippen LogP contribution in [-0.4, -0.2) is 18.4 Å². The third-order valence-electron chi connectivity index (χ3n) is 0.762. The van der Waals surface area contributed by atoms with Crippen molar-refractivity contribution in [1.29, 1.82) is 0 Å². The molecular weight excluding hydrogens is 118 g/mol. The van der Waals surface area contributed by atoms with Gasteiger partial charge in [-0.1, -0.05) is 6.58 Å². The summed E-state index contributed by atoms with van der Waals surface area (Å²) < 4.78 is 0. The second kappa shape index (κ2) is 4.94. The summed E-state index contributed by atoms with van der Waals surface area (Å²) >= 11 is 0. The molecule has 0 N–H and O–H groups in total. The van der Waals surface area contributed by atoms with Gasteiger partial charge in [0.2, 0.25) is 6.08 Å². The van der Waals surface area contributed by atoms with E-state index in [-0.39, 0.29) is 18.7 Å². The SMILES string of the molecule is C=CC(=O)CCN=C=O. The quantitative estimate of drug-likeness (QED) is 0.311. The van der Waals surface area contributed by atoms with Crippen LogP contribution in [0.4, 0.5) is 0 Å². The van der Waals surface area contributed by atoms with Crippen molar-refractivity contribution < 1.29 is 9.59 Å². The maximum absolute atomic E-state index is 10.4. The Kier molecular flexibility index (Phi) is 4.27. The van der Waals surface area contributed by atoms with Crippen molar-refractivity contribution in [3.8, 4) is 0 Å². The van der Waals surface area contributed by atoms with Crippen molar-refractivity contribution in [2.24, 2.45) is 4.99 Å².